The summed E-state index contributed by atoms with van der Waals surface area (Å²) in [5.41, 5.74) is 3.13. The van der Waals surface area contributed by atoms with Gasteiger partial charge in [0.15, 0.2) is 0 Å². The maximum atomic E-state index is 12.5. The first-order chi connectivity index (χ1) is 14.4. The van der Waals surface area contributed by atoms with Gasteiger partial charge in [0.1, 0.15) is 0 Å². The van der Waals surface area contributed by atoms with Gasteiger partial charge in [-0.2, -0.15) is 0 Å². The van der Waals surface area contributed by atoms with E-state index in [9.17, 15) is 13.2 Å². The van der Waals surface area contributed by atoms with Crippen molar-refractivity contribution in [3.05, 3.63) is 84.4 Å². The zero-order chi connectivity index (χ0) is 21.6. The van der Waals surface area contributed by atoms with Crippen LogP contribution in [0.25, 0.3) is 11.1 Å². The van der Waals surface area contributed by atoms with Crippen molar-refractivity contribution < 1.29 is 17.9 Å². The van der Waals surface area contributed by atoms with Gasteiger partial charge in [-0.1, -0.05) is 42.5 Å². The van der Waals surface area contributed by atoms with Gasteiger partial charge in [0.25, 0.3) is 5.91 Å². The molecule has 3 rings (SSSR count). The number of sulfonamides is 1. The second-order valence-electron chi connectivity index (χ2n) is 6.90. The summed E-state index contributed by atoms with van der Waals surface area (Å²) < 4.78 is 32.2. The molecular formula is C23H24N2O4S. The predicted octanol–water partition coefficient (Wildman–Crippen LogP) is 3.92. The smallest absolute Gasteiger partial charge is 0.255 e. The molecule has 0 bridgehead atoms. The zero-order valence-corrected chi connectivity index (χ0v) is 17.6. The monoisotopic (exact) mass is 424 g/mol. The normalized spacial score (nSPS) is 12.3. The number of amides is 1. The molecule has 30 heavy (non-hydrogen) atoms. The third kappa shape index (κ3) is 5.54. The van der Waals surface area contributed by atoms with Gasteiger partial charge in [0, 0.05) is 24.4 Å². The third-order valence-corrected chi connectivity index (χ3v) is 6.06. The van der Waals surface area contributed by atoms with Crippen LogP contribution in [-0.2, 0) is 14.8 Å². The Bertz CT molecular complexity index is 1080. The van der Waals surface area contributed by atoms with Crippen molar-refractivity contribution in [2.24, 2.45) is 0 Å². The SMILES string of the molecule is COCC(C)NS(=O)(=O)c1ccc(NC(=O)c2ccc(-c3ccccc3)cc2)cc1. The molecule has 156 valence electrons. The number of ether oxygens (including phenoxy) is 1. The molecule has 0 aliphatic rings. The minimum Gasteiger partial charge on any atom is -0.383 e. The Morgan fingerprint density at radius 3 is 2.10 bits per heavy atom. The Balaban J connectivity index is 1.66. The fourth-order valence-corrected chi connectivity index (χ4v) is 4.21. The number of methoxy groups -OCH3 is 1. The van der Waals surface area contributed by atoms with Gasteiger partial charge in [-0.3, -0.25) is 4.79 Å². The summed E-state index contributed by atoms with van der Waals surface area (Å²) in [6.45, 7) is 2.00. The Labute approximate surface area is 177 Å². The molecule has 0 fully saturated rings. The van der Waals surface area contributed by atoms with E-state index in [0.717, 1.165) is 11.1 Å². The number of benzene rings is 3. The van der Waals surface area contributed by atoms with E-state index in [1.165, 1.54) is 19.2 Å². The van der Waals surface area contributed by atoms with Gasteiger partial charge in [-0.05, 0) is 54.4 Å². The van der Waals surface area contributed by atoms with Gasteiger partial charge in [-0.25, -0.2) is 13.1 Å². The molecule has 7 heteroatoms. The molecule has 0 heterocycles. The maximum Gasteiger partial charge on any atom is 0.255 e. The van der Waals surface area contributed by atoms with E-state index in [4.69, 9.17) is 4.74 Å². The van der Waals surface area contributed by atoms with E-state index in [0.29, 0.717) is 11.3 Å². The van der Waals surface area contributed by atoms with Crippen LogP contribution in [-0.4, -0.2) is 34.1 Å². The molecule has 3 aromatic carbocycles. The Morgan fingerprint density at radius 1 is 0.900 bits per heavy atom. The Hall–Kier alpha value is -3.00. The van der Waals surface area contributed by atoms with Crippen LogP contribution in [0.3, 0.4) is 0 Å². The number of anilines is 1. The van der Waals surface area contributed by atoms with Crippen molar-refractivity contribution in [3.63, 3.8) is 0 Å². The largest absolute Gasteiger partial charge is 0.383 e. The molecular weight excluding hydrogens is 400 g/mol. The summed E-state index contributed by atoms with van der Waals surface area (Å²) in [7, 11) is -2.14. The van der Waals surface area contributed by atoms with E-state index >= 15 is 0 Å². The number of hydrogen-bond donors (Lipinski definition) is 2. The van der Waals surface area contributed by atoms with E-state index < -0.39 is 10.0 Å². The molecule has 0 aromatic heterocycles. The second kappa shape index (κ2) is 9.67. The van der Waals surface area contributed by atoms with Crippen LogP contribution in [0.4, 0.5) is 5.69 Å². The lowest BCUT2D eigenvalue weighted by atomic mass is 10.0. The Morgan fingerprint density at radius 2 is 1.50 bits per heavy atom. The van der Waals surface area contributed by atoms with Gasteiger partial charge in [-0.15, -0.1) is 0 Å². The second-order valence-corrected chi connectivity index (χ2v) is 8.61. The van der Waals surface area contributed by atoms with Crippen molar-refractivity contribution in [1.82, 2.24) is 4.72 Å². The standard InChI is InChI=1S/C23H24N2O4S/c1-17(16-29-2)25-30(27,28)22-14-12-21(13-15-22)24-23(26)20-10-8-19(9-11-20)18-6-4-3-5-7-18/h3-15,17,25H,16H2,1-2H3,(H,24,26). The van der Waals surface area contributed by atoms with E-state index in [1.54, 1.807) is 31.2 Å². The minimum atomic E-state index is -3.65. The zero-order valence-electron chi connectivity index (χ0n) is 16.8. The van der Waals surface area contributed by atoms with Gasteiger partial charge >= 0.3 is 0 Å². The Kier molecular flexibility index (Phi) is 6.99. The number of rotatable bonds is 8. The molecule has 0 spiro atoms. The van der Waals surface area contributed by atoms with Crippen molar-refractivity contribution in [2.75, 3.05) is 19.0 Å². The number of carbonyl (C=O) groups is 1. The first-order valence-corrected chi connectivity index (χ1v) is 11.0. The van der Waals surface area contributed by atoms with Crippen molar-refractivity contribution in [1.29, 1.82) is 0 Å². The molecule has 6 nitrogen and oxygen atoms in total. The van der Waals surface area contributed by atoms with Gasteiger partial charge < -0.3 is 10.1 Å². The quantitative estimate of drug-likeness (QED) is 0.574. The third-order valence-electron chi connectivity index (χ3n) is 4.45. The number of carbonyl (C=O) groups excluding carboxylic acids is 1. The summed E-state index contributed by atoms with van der Waals surface area (Å²) in [5, 5.41) is 2.78. The fourth-order valence-electron chi connectivity index (χ4n) is 2.98. The lowest BCUT2D eigenvalue weighted by molar-refractivity contribution is 0.102. The predicted molar refractivity (Wildman–Crippen MR) is 118 cm³/mol. The molecule has 2 N–H and O–H groups in total. The van der Waals surface area contributed by atoms with Crippen LogP contribution < -0.4 is 10.0 Å². The van der Waals surface area contributed by atoms with Gasteiger partial charge in [0.2, 0.25) is 10.0 Å². The molecule has 1 unspecified atom stereocenters. The lowest BCUT2D eigenvalue weighted by Gasteiger charge is -2.13. The summed E-state index contributed by atoms with van der Waals surface area (Å²) >= 11 is 0. The highest BCUT2D eigenvalue weighted by Crippen LogP contribution is 2.20. The molecule has 0 saturated heterocycles. The molecule has 3 aromatic rings. The minimum absolute atomic E-state index is 0.121. The number of nitrogens with one attached hydrogen (secondary N) is 2. The highest BCUT2D eigenvalue weighted by molar-refractivity contribution is 7.89. The molecule has 0 aliphatic heterocycles. The highest BCUT2D eigenvalue weighted by atomic mass is 32.2. The average molecular weight is 425 g/mol. The lowest BCUT2D eigenvalue weighted by Crippen LogP contribution is -2.35. The maximum absolute atomic E-state index is 12.5. The summed E-state index contributed by atoms with van der Waals surface area (Å²) in [6, 6.07) is 22.9. The molecule has 0 saturated carbocycles. The average Bonchev–Trinajstić information content (AvgIpc) is 2.74. The first-order valence-electron chi connectivity index (χ1n) is 9.47. The summed E-state index contributed by atoms with van der Waals surface area (Å²) in [5.74, 6) is -0.267. The van der Waals surface area contributed by atoms with Crippen LogP contribution in [0.5, 0.6) is 0 Å². The molecule has 0 radical (unpaired) electrons. The van der Waals surface area contributed by atoms with E-state index in [-0.39, 0.29) is 23.5 Å². The van der Waals surface area contributed by atoms with Crippen LogP contribution in [0.15, 0.2) is 83.8 Å². The summed E-state index contributed by atoms with van der Waals surface area (Å²) in [4.78, 5) is 12.6. The van der Waals surface area contributed by atoms with Crippen molar-refractivity contribution in [3.8, 4) is 11.1 Å². The first kappa shape index (κ1) is 21.7. The van der Waals surface area contributed by atoms with Crippen molar-refractivity contribution in [2.45, 2.75) is 17.9 Å². The van der Waals surface area contributed by atoms with Crippen LogP contribution in [0.1, 0.15) is 17.3 Å². The van der Waals surface area contributed by atoms with E-state index in [2.05, 4.69) is 10.0 Å². The molecule has 0 aliphatic carbocycles. The van der Waals surface area contributed by atoms with Gasteiger partial charge in [0.05, 0.1) is 11.5 Å². The molecule has 1 amide bonds. The van der Waals surface area contributed by atoms with Crippen LogP contribution in [0, 0.1) is 0 Å². The van der Waals surface area contributed by atoms with Crippen LogP contribution >= 0.6 is 0 Å². The van der Waals surface area contributed by atoms with E-state index in [1.807, 2.05) is 42.5 Å². The highest BCUT2D eigenvalue weighted by Gasteiger charge is 2.17. The topological polar surface area (TPSA) is 84.5 Å². The summed E-state index contributed by atoms with van der Waals surface area (Å²) in [6.07, 6.45) is 0. The number of hydrogen-bond acceptors (Lipinski definition) is 4. The molecule has 1 atom stereocenters. The fraction of sp³-hybridized carbons (Fsp3) is 0.174. The van der Waals surface area contributed by atoms with Crippen LogP contribution in [0.2, 0.25) is 0 Å². The van der Waals surface area contributed by atoms with Crippen molar-refractivity contribution >= 4 is 21.6 Å².